The van der Waals surface area contributed by atoms with Crippen LogP contribution in [0.25, 0.3) is 0 Å². The summed E-state index contributed by atoms with van der Waals surface area (Å²) >= 11 is 0. The molecule has 0 aromatic heterocycles. The van der Waals surface area contributed by atoms with Gasteiger partial charge in [-0.1, -0.05) is 5.92 Å². The molecule has 0 saturated carbocycles. The van der Waals surface area contributed by atoms with Crippen LogP contribution in [0.15, 0.2) is 0 Å². The van der Waals surface area contributed by atoms with Gasteiger partial charge in [-0.25, -0.2) is 0 Å². The lowest BCUT2D eigenvalue weighted by Crippen LogP contribution is -2.39. The normalized spacial score (nSPS) is 23.9. The molecule has 0 spiro atoms. The first-order valence-corrected chi connectivity index (χ1v) is 5.65. The maximum atomic E-state index is 5.19. The second-order valence-electron chi connectivity index (χ2n) is 4.29. The Morgan fingerprint density at radius 1 is 1.67 bits per heavy atom. The van der Waals surface area contributed by atoms with Crippen molar-refractivity contribution in [2.75, 3.05) is 39.9 Å². The highest BCUT2D eigenvalue weighted by Gasteiger charge is 2.25. The molecular formula is C12H22N2O. The van der Waals surface area contributed by atoms with Crippen molar-refractivity contribution in [3.63, 3.8) is 0 Å². The summed E-state index contributed by atoms with van der Waals surface area (Å²) in [5.74, 6) is 3.31. The van der Waals surface area contributed by atoms with E-state index >= 15 is 0 Å². The maximum Gasteiger partial charge on any atom is 0.0574 e. The second-order valence-corrected chi connectivity index (χ2v) is 4.29. The number of ether oxygens (including phenoxy) is 1. The van der Waals surface area contributed by atoms with E-state index in [1.807, 2.05) is 0 Å². The predicted octanol–water partition coefficient (Wildman–Crippen LogP) is 0.566. The fourth-order valence-electron chi connectivity index (χ4n) is 2.12. The molecule has 1 heterocycles. The van der Waals surface area contributed by atoms with Gasteiger partial charge in [0, 0.05) is 26.2 Å². The van der Waals surface area contributed by atoms with Gasteiger partial charge in [0.05, 0.1) is 13.2 Å². The van der Waals surface area contributed by atoms with Crippen molar-refractivity contribution < 1.29 is 4.74 Å². The van der Waals surface area contributed by atoms with E-state index in [9.17, 15) is 0 Å². The minimum absolute atomic E-state index is 0.570. The highest BCUT2D eigenvalue weighted by atomic mass is 16.5. The fraction of sp³-hybridized carbons (Fsp3) is 0.833. The number of terminal acetylenes is 1. The average molecular weight is 210 g/mol. The van der Waals surface area contributed by atoms with E-state index in [-0.39, 0.29) is 0 Å². The molecule has 0 aromatic rings. The van der Waals surface area contributed by atoms with E-state index in [1.54, 1.807) is 7.11 Å². The quantitative estimate of drug-likeness (QED) is 0.512. The lowest BCUT2D eigenvalue weighted by atomic mass is 10.1. The van der Waals surface area contributed by atoms with Crippen molar-refractivity contribution in [1.29, 1.82) is 0 Å². The molecule has 0 bridgehead atoms. The van der Waals surface area contributed by atoms with E-state index in [0.29, 0.717) is 18.5 Å². The molecule has 0 radical (unpaired) electrons. The highest BCUT2D eigenvalue weighted by molar-refractivity contribution is 4.88. The first-order valence-electron chi connectivity index (χ1n) is 5.65. The van der Waals surface area contributed by atoms with E-state index in [2.05, 4.69) is 23.1 Å². The lowest BCUT2D eigenvalue weighted by molar-refractivity contribution is 0.148. The van der Waals surface area contributed by atoms with Gasteiger partial charge in [-0.3, -0.25) is 4.90 Å². The Balaban J connectivity index is 2.18. The Labute approximate surface area is 93.2 Å². The van der Waals surface area contributed by atoms with Crippen LogP contribution in [0.2, 0.25) is 0 Å². The number of likely N-dealkylation sites (tertiary alicyclic amines) is 1. The Morgan fingerprint density at radius 2 is 2.47 bits per heavy atom. The van der Waals surface area contributed by atoms with Crippen LogP contribution < -0.4 is 5.32 Å². The number of methoxy groups -OCH3 is 1. The fourth-order valence-corrected chi connectivity index (χ4v) is 2.12. The average Bonchev–Trinajstić information content (AvgIpc) is 2.67. The van der Waals surface area contributed by atoms with Crippen LogP contribution in [-0.4, -0.2) is 50.8 Å². The minimum Gasteiger partial charge on any atom is -0.384 e. The van der Waals surface area contributed by atoms with Crippen LogP contribution in [0.4, 0.5) is 0 Å². The molecule has 3 nitrogen and oxygen atoms in total. The molecule has 1 saturated heterocycles. The van der Waals surface area contributed by atoms with Crippen LogP contribution in [-0.2, 0) is 4.74 Å². The molecule has 0 aromatic carbocycles. The van der Waals surface area contributed by atoms with Gasteiger partial charge in [0.15, 0.2) is 0 Å². The van der Waals surface area contributed by atoms with Gasteiger partial charge >= 0.3 is 0 Å². The lowest BCUT2D eigenvalue weighted by Gasteiger charge is -2.24. The van der Waals surface area contributed by atoms with Gasteiger partial charge in [-0.2, -0.15) is 0 Å². The van der Waals surface area contributed by atoms with Gasteiger partial charge in [0.2, 0.25) is 0 Å². The number of hydrogen-bond donors (Lipinski definition) is 1. The third-order valence-electron chi connectivity index (χ3n) is 3.01. The summed E-state index contributed by atoms with van der Waals surface area (Å²) in [6.45, 7) is 7.13. The number of nitrogens with one attached hydrogen (secondary N) is 1. The molecule has 1 N–H and O–H groups in total. The Kier molecular flexibility index (Phi) is 5.70. The summed E-state index contributed by atoms with van der Waals surface area (Å²) in [5.41, 5.74) is 0. The topological polar surface area (TPSA) is 24.5 Å². The Bertz CT molecular complexity index is 212. The maximum absolute atomic E-state index is 5.19. The van der Waals surface area contributed by atoms with Crippen LogP contribution in [0.5, 0.6) is 0 Å². The van der Waals surface area contributed by atoms with E-state index < -0.39 is 0 Å². The molecule has 1 aliphatic rings. The molecule has 15 heavy (non-hydrogen) atoms. The highest BCUT2D eigenvalue weighted by Crippen LogP contribution is 2.18. The Morgan fingerprint density at radius 3 is 3.13 bits per heavy atom. The van der Waals surface area contributed by atoms with Gasteiger partial charge in [-0.05, 0) is 25.8 Å². The minimum atomic E-state index is 0.570. The number of rotatable bonds is 6. The Hall–Kier alpha value is -0.560. The molecular weight excluding hydrogens is 188 g/mol. The van der Waals surface area contributed by atoms with Crippen molar-refractivity contribution in [2.24, 2.45) is 5.92 Å². The second kappa shape index (κ2) is 6.84. The van der Waals surface area contributed by atoms with Crippen molar-refractivity contribution >= 4 is 0 Å². The summed E-state index contributed by atoms with van der Waals surface area (Å²) < 4.78 is 5.18. The zero-order valence-corrected chi connectivity index (χ0v) is 9.83. The summed E-state index contributed by atoms with van der Waals surface area (Å²) in [6, 6.07) is 0.570. The molecule has 0 aliphatic carbocycles. The SMILES string of the molecule is C#CCNCC(C)N1CCC(COC)C1. The molecule has 1 fully saturated rings. The third-order valence-corrected chi connectivity index (χ3v) is 3.01. The smallest absolute Gasteiger partial charge is 0.0574 e. The molecule has 1 rings (SSSR count). The van der Waals surface area contributed by atoms with Gasteiger partial charge in [0.1, 0.15) is 0 Å². The summed E-state index contributed by atoms with van der Waals surface area (Å²) in [6.07, 6.45) is 6.44. The largest absolute Gasteiger partial charge is 0.384 e. The molecule has 2 atom stereocenters. The first kappa shape index (κ1) is 12.5. The van der Waals surface area contributed by atoms with E-state index in [1.165, 1.54) is 13.0 Å². The van der Waals surface area contributed by atoms with E-state index in [4.69, 9.17) is 11.2 Å². The summed E-state index contributed by atoms with van der Waals surface area (Å²) in [4.78, 5) is 2.51. The summed E-state index contributed by atoms with van der Waals surface area (Å²) in [7, 11) is 1.78. The van der Waals surface area contributed by atoms with E-state index in [0.717, 1.165) is 19.7 Å². The zero-order valence-electron chi connectivity index (χ0n) is 9.83. The van der Waals surface area contributed by atoms with Crippen molar-refractivity contribution in [1.82, 2.24) is 10.2 Å². The van der Waals surface area contributed by atoms with Crippen LogP contribution >= 0.6 is 0 Å². The van der Waals surface area contributed by atoms with Crippen LogP contribution in [0.3, 0.4) is 0 Å². The first-order chi connectivity index (χ1) is 7.27. The summed E-state index contributed by atoms with van der Waals surface area (Å²) in [5, 5.41) is 3.25. The molecule has 0 amide bonds. The number of nitrogens with zero attached hydrogens (tertiary/aromatic N) is 1. The van der Waals surface area contributed by atoms with Crippen molar-refractivity contribution in [2.45, 2.75) is 19.4 Å². The van der Waals surface area contributed by atoms with Gasteiger partial charge < -0.3 is 10.1 Å². The van der Waals surface area contributed by atoms with Crippen LogP contribution in [0.1, 0.15) is 13.3 Å². The standard InChI is InChI=1S/C12H22N2O/c1-4-6-13-8-11(2)14-7-5-12(9-14)10-15-3/h1,11-13H,5-10H2,2-3H3. The van der Waals surface area contributed by atoms with Crippen LogP contribution in [0, 0.1) is 18.3 Å². The third kappa shape index (κ3) is 4.21. The molecule has 2 unspecified atom stereocenters. The molecule has 1 aliphatic heterocycles. The number of hydrogen-bond acceptors (Lipinski definition) is 3. The molecule has 3 heteroatoms. The zero-order chi connectivity index (χ0) is 11.1. The van der Waals surface area contributed by atoms with Crippen molar-refractivity contribution in [3.05, 3.63) is 0 Å². The van der Waals surface area contributed by atoms with Crippen molar-refractivity contribution in [3.8, 4) is 12.3 Å². The molecule has 86 valence electrons. The van der Waals surface area contributed by atoms with Gasteiger partial charge in [-0.15, -0.1) is 6.42 Å². The monoisotopic (exact) mass is 210 g/mol. The predicted molar refractivity (Wildman–Crippen MR) is 62.7 cm³/mol. The van der Waals surface area contributed by atoms with Gasteiger partial charge in [0.25, 0.3) is 0 Å².